The van der Waals surface area contributed by atoms with Crippen molar-refractivity contribution in [3.05, 3.63) is 70.6 Å². The first-order valence-electron chi connectivity index (χ1n) is 12.6. The van der Waals surface area contributed by atoms with E-state index in [1.807, 2.05) is 30.3 Å². The van der Waals surface area contributed by atoms with Gasteiger partial charge in [-0.3, -0.25) is 14.2 Å². The highest BCUT2D eigenvalue weighted by molar-refractivity contribution is 7.90. The minimum Gasteiger partial charge on any atom is -0.486 e. The summed E-state index contributed by atoms with van der Waals surface area (Å²) < 4.78 is 46.5. The van der Waals surface area contributed by atoms with Crippen molar-refractivity contribution in [2.24, 2.45) is 5.92 Å². The van der Waals surface area contributed by atoms with E-state index in [4.69, 9.17) is 9.47 Å². The van der Waals surface area contributed by atoms with Crippen LogP contribution in [-0.4, -0.2) is 80.2 Å². The SMILES string of the molecule is O=C(NCC1CCN(CC2COc3ccccc3O2)CC1)C1=C[C@@H]2CNC3=CC=CC(=C1S(=O)(=O)O)N32. The first kappa shape index (κ1) is 24.1. The van der Waals surface area contributed by atoms with Crippen molar-refractivity contribution >= 4 is 16.0 Å². The first-order chi connectivity index (χ1) is 17.9. The third-order valence-electron chi connectivity index (χ3n) is 7.48. The van der Waals surface area contributed by atoms with E-state index >= 15 is 0 Å². The van der Waals surface area contributed by atoms with Gasteiger partial charge in [-0.1, -0.05) is 18.2 Å². The van der Waals surface area contributed by atoms with Crippen molar-refractivity contribution in [3.8, 4) is 11.5 Å². The highest BCUT2D eigenvalue weighted by Crippen LogP contribution is 2.37. The van der Waals surface area contributed by atoms with Gasteiger partial charge in [0.05, 0.1) is 17.3 Å². The Bertz CT molecular complexity index is 1330. The lowest BCUT2D eigenvalue weighted by atomic mass is 9.96. The maximum atomic E-state index is 13.2. The second-order valence-corrected chi connectivity index (χ2v) is 11.3. The molecular formula is C26H30N4O6S. The second kappa shape index (κ2) is 9.55. The number of nitrogens with zero attached hydrogens (tertiary/aromatic N) is 2. The van der Waals surface area contributed by atoms with Gasteiger partial charge in [0, 0.05) is 19.6 Å². The fourth-order valence-electron chi connectivity index (χ4n) is 5.64. The maximum absolute atomic E-state index is 13.2. The molecule has 6 rings (SSSR count). The predicted octanol–water partition coefficient (Wildman–Crippen LogP) is 1.38. The molecule has 3 N–H and O–H groups in total. The number of hydrogen-bond acceptors (Lipinski definition) is 8. The summed E-state index contributed by atoms with van der Waals surface area (Å²) >= 11 is 0. The zero-order valence-electron chi connectivity index (χ0n) is 20.3. The van der Waals surface area contributed by atoms with E-state index in [1.165, 1.54) is 0 Å². The van der Waals surface area contributed by atoms with Crippen LogP contribution in [0.25, 0.3) is 0 Å². The van der Waals surface area contributed by atoms with Crippen LogP contribution in [-0.2, 0) is 14.9 Å². The van der Waals surface area contributed by atoms with Crippen LogP contribution in [0.15, 0.2) is 70.6 Å². The van der Waals surface area contributed by atoms with Crippen LogP contribution in [0.4, 0.5) is 0 Å². The first-order valence-corrected chi connectivity index (χ1v) is 14.1. The number of piperidine rings is 1. The van der Waals surface area contributed by atoms with Gasteiger partial charge in [0.15, 0.2) is 11.5 Å². The molecule has 11 heteroatoms. The molecule has 0 saturated carbocycles. The molecule has 0 spiro atoms. The van der Waals surface area contributed by atoms with Crippen LogP contribution in [0.1, 0.15) is 12.8 Å². The molecule has 1 aromatic carbocycles. The summed E-state index contributed by atoms with van der Waals surface area (Å²) in [6.45, 7) is 4.06. The molecule has 0 aliphatic carbocycles. The minimum atomic E-state index is -4.62. The van der Waals surface area contributed by atoms with Crippen molar-refractivity contribution in [1.82, 2.24) is 20.4 Å². The van der Waals surface area contributed by atoms with Gasteiger partial charge in [0.2, 0.25) is 0 Å². The molecule has 2 fully saturated rings. The zero-order chi connectivity index (χ0) is 25.6. The van der Waals surface area contributed by atoms with E-state index in [2.05, 4.69) is 15.5 Å². The molecule has 1 amide bonds. The van der Waals surface area contributed by atoms with Gasteiger partial charge in [-0.15, -0.1) is 0 Å². The summed E-state index contributed by atoms with van der Waals surface area (Å²) in [5.74, 6) is 2.11. The Morgan fingerprint density at radius 1 is 1.19 bits per heavy atom. The average molecular weight is 527 g/mol. The number of nitrogens with one attached hydrogen (secondary N) is 2. The number of carbonyl (C=O) groups is 1. The Balaban J connectivity index is 1.04. The van der Waals surface area contributed by atoms with Gasteiger partial charge in [-0.25, -0.2) is 0 Å². The minimum absolute atomic E-state index is 0.000476. The van der Waals surface area contributed by atoms with Gasteiger partial charge < -0.3 is 25.0 Å². The fourth-order valence-corrected chi connectivity index (χ4v) is 6.51. The number of ether oxygens (including phenoxy) is 2. The lowest BCUT2D eigenvalue weighted by Gasteiger charge is -2.36. The third kappa shape index (κ3) is 4.74. The average Bonchev–Trinajstić information content (AvgIpc) is 3.31. The fraction of sp³-hybridized carbons (Fsp3) is 0.423. The van der Waals surface area contributed by atoms with Crippen LogP contribution in [0.2, 0.25) is 0 Å². The van der Waals surface area contributed by atoms with Gasteiger partial charge in [-0.05, 0) is 62.2 Å². The quantitative estimate of drug-likeness (QED) is 0.472. The molecular weight excluding hydrogens is 496 g/mol. The maximum Gasteiger partial charge on any atom is 0.297 e. The summed E-state index contributed by atoms with van der Waals surface area (Å²) in [5.41, 5.74) is 0.313. The number of likely N-dealkylation sites (tertiary alicyclic amines) is 1. The number of benzene rings is 1. The summed E-state index contributed by atoms with van der Waals surface area (Å²) in [4.78, 5) is 17.0. The van der Waals surface area contributed by atoms with Crippen LogP contribution in [0.5, 0.6) is 11.5 Å². The molecule has 5 aliphatic rings. The smallest absolute Gasteiger partial charge is 0.297 e. The molecule has 196 valence electrons. The predicted molar refractivity (Wildman–Crippen MR) is 136 cm³/mol. The Morgan fingerprint density at radius 3 is 2.76 bits per heavy atom. The number of rotatable bonds is 6. The van der Waals surface area contributed by atoms with Crippen molar-refractivity contribution in [3.63, 3.8) is 0 Å². The number of carbonyl (C=O) groups excluding carboxylic acids is 1. The van der Waals surface area contributed by atoms with Crippen LogP contribution < -0.4 is 20.1 Å². The zero-order valence-corrected chi connectivity index (χ0v) is 21.1. The van der Waals surface area contributed by atoms with E-state index in [0.29, 0.717) is 25.4 Å². The van der Waals surface area contributed by atoms with E-state index < -0.39 is 16.0 Å². The van der Waals surface area contributed by atoms with E-state index in [-0.39, 0.29) is 28.5 Å². The molecule has 5 heterocycles. The standard InChI is InChI=1S/C26H30N4O6S/c31-26(20-12-18-14-27-24-7-3-4-21(30(18)24)25(20)37(32,33)34)28-13-17-8-10-29(11-9-17)15-19-16-35-22-5-1-2-6-23(22)36-19/h1-7,12,17-19,27H,8-11,13-16H2,(H,28,31)(H,32,33,34)/t18-,19?/m1/s1. The largest absolute Gasteiger partial charge is 0.486 e. The van der Waals surface area contributed by atoms with Crippen molar-refractivity contribution in [1.29, 1.82) is 0 Å². The molecule has 2 saturated heterocycles. The lowest BCUT2D eigenvalue weighted by Crippen LogP contribution is -2.45. The number of allylic oxidation sites excluding steroid dienone is 3. The van der Waals surface area contributed by atoms with Gasteiger partial charge >= 0.3 is 0 Å². The van der Waals surface area contributed by atoms with Gasteiger partial charge in [0.1, 0.15) is 23.4 Å². The molecule has 2 atom stereocenters. The Morgan fingerprint density at radius 2 is 1.97 bits per heavy atom. The van der Waals surface area contributed by atoms with Crippen LogP contribution >= 0.6 is 0 Å². The van der Waals surface area contributed by atoms with E-state index in [1.54, 1.807) is 23.1 Å². The third-order valence-corrected chi connectivity index (χ3v) is 8.42. The number of hydrogen-bond donors (Lipinski definition) is 3. The van der Waals surface area contributed by atoms with E-state index in [9.17, 15) is 17.8 Å². The van der Waals surface area contributed by atoms with Crippen LogP contribution in [0, 0.1) is 5.92 Å². The Labute approximate surface area is 216 Å². The lowest BCUT2D eigenvalue weighted by molar-refractivity contribution is -0.117. The van der Waals surface area contributed by atoms with E-state index in [0.717, 1.165) is 49.8 Å². The molecule has 1 unspecified atom stereocenters. The molecule has 1 aromatic rings. The summed E-state index contributed by atoms with van der Waals surface area (Å²) in [6, 6.07) is 7.49. The number of para-hydroxylation sites is 2. The monoisotopic (exact) mass is 526 g/mol. The van der Waals surface area contributed by atoms with Crippen molar-refractivity contribution < 1.29 is 27.2 Å². The molecule has 0 aromatic heterocycles. The number of amides is 1. The van der Waals surface area contributed by atoms with Crippen molar-refractivity contribution in [2.45, 2.75) is 25.0 Å². The summed E-state index contributed by atoms with van der Waals surface area (Å²) in [7, 11) is -4.62. The van der Waals surface area contributed by atoms with Gasteiger partial charge in [-0.2, -0.15) is 8.42 Å². The summed E-state index contributed by atoms with van der Waals surface area (Å²) in [5, 5.41) is 6.14. The normalized spacial score (nSPS) is 25.3. The van der Waals surface area contributed by atoms with Crippen molar-refractivity contribution in [2.75, 3.05) is 39.3 Å². The second-order valence-electron chi connectivity index (χ2n) is 9.95. The molecule has 0 radical (unpaired) electrons. The molecule has 10 nitrogen and oxygen atoms in total. The Hall–Kier alpha value is -3.28. The Kier molecular flexibility index (Phi) is 6.21. The van der Waals surface area contributed by atoms with Crippen LogP contribution in [0.3, 0.4) is 0 Å². The topological polar surface area (TPSA) is 120 Å². The highest BCUT2D eigenvalue weighted by Gasteiger charge is 2.41. The highest BCUT2D eigenvalue weighted by atomic mass is 32.2. The molecule has 37 heavy (non-hydrogen) atoms. The van der Waals surface area contributed by atoms with Gasteiger partial charge in [0.25, 0.3) is 16.0 Å². The number of fused-ring (bicyclic) bond motifs is 1. The molecule has 0 bridgehead atoms. The summed E-state index contributed by atoms with van der Waals surface area (Å²) in [6.07, 6.45) is 8.58. The molecule has 5 aliphatic heterocycles.